The number of fused-ring (bicyclic) bond motifs is 2. The summed E-state index contributed by atoms with van der Waals surface area (Å²) < 4.78 is 5.94. The van der Waals surface area contributed by atoms with Crippen LogP contribution >= 0.6 is 0 Å². The van der Waals surface area contributed by atoms with Gasteiger partial charge in [0.05, 0.1) is 6.10 Å². The fourth-order valence-corrected chi connectivity index (χ4v) is 3.95. The zero-order valence-corrected chi connectivity index (χ0v) is 17.3. The molecule has 0 saturated carbocycles. The summed E-state index contributed by atoms with van der Waals surface area (Å²) in [7, 11) is 0. The summed E-state index contributed by atoms with van der Waals surface area (Å²) in [6.45, 7) is 4.87. The molecule has 156 valence electrons. The Balaban J connectivity index is 1.45. The molecule has 6 nitrogen and oxygen atoms in total. The van der Waals surface area contributed by atoms with Crippen LogP contribution in [0.5, 0.6) is 5.75 Å². The van der Waals surface area contributed by atoms with E-state index in [9.17, 15) is 9.90 Å². The predicted molar refractivity (Wildman–Crippen MR) is 116 cm³/mol. The number of nitrogens with zero attached hydrogens (tertiary/aromatic N) is 2. The number of benzene rings is 2. The number of aliphatic hydroxyl groups excluding tert-OH is 1. The Bertz CT molecular complexity index is 1030. The fraction of sp³-hybridized carbons (Fsp3) is 0.333. The molecule has 0 bridgehead atoms. The third kappa shape index (κ3) is 4.30. The summed E-state index contributed by atoms with van der Waals surface area (Å²) in [5.41, 5.74) is 3.28. The van der Waals surface area contributed by atoms with Crippen LogP contribution < -0.4 is 10.1 Å². The number of aliphatic hydroxyl groups is 1. The maximum Gasteiger partial charge on any atom is 0.262 e. The number of rotatable bonds is 6. The van der Waals surface area contributed by atoms with E-state index in [0.29, 0.717) is 12.3 Å². The molecule has 3 atom stereocenters. The Morgan fingerprint density at radius 2 is 1.87 bits per heavy atom. The van der Waals surface area contributed by atoms with Gasteiger partial charge in [0.25, 0.3) is 5.91 Å². The minimum absolute atomic E-state index is 0.271. The van der Waals surface area contributed by atoms with E-state index in [0.717, 1.165) is 23.9 Å². The van der Waals surface area contributed by atoms with Crippen LogP contribution in [0.1, 0.15) is 25.0 Å². The lowest BCUT2D eigenvalue weighted by atomic mass is 9.99. The molecule has 1 aliphatic heterocycles. The van der Waals surface area contributed by atoms with E-state index in [-0.39, 0.29) is 5.91 Å². The van der Waals surface area contributed by atoms with Crippen LogP contribution in [0.2, 0.25) is 0 Å². The number of amides is 1. The van der Waals surface area contributed by atoms with Crippen LogP contribution in [0.4, 0.5) is 0 Å². The van der Waals surface area contributed by atoms with Gasteiger partial charge in [0.15, 0.2) is 6.10 Å². The van der Waals surface area contributed by atoms with E-state index >= 15 is 0 Å². The van der Waals surface area contributed by atoms with Crippen molar-refractivity contribution in [2.75, 3.05) is 6.54 Å². The first-order valence-electron chi connectivity index (χ1n) is 10.3. The Morgan fingerprint density at radius 1 is 1.10 bits per heavy atom. The van der Waals surface area contributed by atoms with Crippen molar-refractivity contribution in [3.05, 3.63) is 71.9 Å². The second-order valence-electron chi connectivity index (χ2n) is 7.77. The molecular weight excluding hydrogens is 378 g/mol. The van der Waals surface area contributed by atoms with Crippen molar-refractivity contribution in [2.24, 2.45) is 0 Å². The second kappa shape index (κ2) is 8.81. The molecule has 30 heavy (non-hydrogen) atoms. The number of hydrogen-bond acceptors (Lipinski definition) is 5. The van der Waals surface area contributed by atoms with E-state index in [1.807, 2.05) is 42.5 Å². The first-order chi connectivity index (χ1) is 14.5. The van der Waals surface area contributed by atoms with Crippen molar-refractivity contribution in [2.45, 2.75) is 45.2 Å². The maximum absolute atomic E-state index is 12.9. The molecule has 3 aromatic rings. The van der Waals surface area contributed by atoms with Gasteiger partial charge in [0.1, 0.15) is 17.4 Å². The number of ether oxygens (including phenoxy) is 1. The van der Waals surface area contributed by atoms with E-state index in [1.165, 1.54) is 11.1 Å². The first-order valence-corrected chi connectivity index (χ1v) is 10.3. The van der Waals surface area contributed by atoms with Gasteiger partial charge in [-0.15, -0.1) is 0 Å². The number of carbonyl (C=O) groups excluding carboxylic acids is 1. The Labute approximate surface area is 176 Å². The summed E-state index contributed by atoms with van der Waals surface area (Å²) in [6.07, 6.45) is 0.671. The summed E-state index contributed by atoms with van der Waals surface area (Å²) in [4.78, 5) is 19.4. The monoisotopic (exact) mass is 405 g/mol. The van der Waals surface area contributed by atoms with Crippen LogP contribution in [0, 0.1) is 0 Å². The van der Waals surface area contributed by atoms with Crippen molar-refractivity contribution in [3.63, 3.8) is 0 Å². The highest BCUT2D eigenvalue weighted by atomic mass is 16.5. The molecular formula is C24H27N3O3. The summed E-state index contributed by atoms with van der Waals surface area (Å²) in [5.74, 6) is 0.295. The largest absolute Gasteiger partial charge is 0.479 e. The van der Waals surface area contributed by atoms with Crippen molar-refractivity contribution in [1.29, 1.82) is 0 Å². The second-order valence-corrected chi connectivity index (χ2v) is 7.77. The SMILES string of the molecule is C[C@H](Oc1cccc2cccnc12)C(=O)NC([C@H](C)O)N1CCc2ccccc2C1. The number of para-hydroxylation sites is 1. The van der Waals surface area contributed by atoms with Crippen LogP contribution in [0.15, 0.2) is 60.8 Å². The van der Waals surface area contributed by atoms with Gasteiger partial charge in [0, 0.05) is 24.7 Å². The standard InChI is InChI=1S/C24H27N3O3/c1-16(28)23(27-14-12-18-7-3-4-8-20(18)15-27)26-24(29)17(2)30-21-11-5-9-19-10-6-13-25-22(19)21/h3-11,13,16-17,23,28H,12,14-15H2,1-2H3,(H,26,29)/t16-,17-,23?/m0/s1. The van der Waals surface area contributed by atoms with Gasteiger partial charge >= 0.3 is 0 Å². The summed E-state index contributed by atoms with van der Waals surface area (Å²) in [5, 5.41) is 14.3. The summed E-state index contributed by atoms with van der Waals surface area (Å²) in [6, 6.07) is 17.8. The van der Waals surface area contributed by atoms with E-state index in [1.54, 1.807) is 20.0 Å². The molecule has 6 heteroatoms. The molecule has 1 aliphatic rings. The van der Waals surface area contributed by atoms with Gasteiger partial charge in [0.2, 0.25) is 0 Å². The lowest BCUT2D eigenvalue weighted by Gasteiger charge is -2.37. The van der Waals surface area contributed by atoms with E-state index in [2.05, 4.69) is 27.3 Å². The number of nitrogens with one attached hydrogen (secondary N) is 1. The molecule has 1 unspecified atom stereocenters. The van der Waals surface area contributed by atoms with Gasteiger partial charge in [-0.1, -0.05) is 42.5 Å². The number of carbonyl (C=O) groups is 1. The molecule has 0 radical (unpaired) electrons. The molecule has 0 aliphatic carbocycles. The zero-order chi connectivity index (χ0) is 21.1. The fourth-order valence-electron chi connectivity index (χ4n) is 3.95. The van der Waals surface area contributed by atoms with Crippen molar-refractivity contribution < 1.29 is 14.6 Å². The lowest BCUT2D eigenvalue weighted by Crippen LogP contribution is -2.57. The highest BCUT2D eigenvalue weighted by molar-refractivity contribution is 5.85. The van der Waals surface area contributed by atoms with Gasteiger partial charge < -0.3 is 15.2 Å². The first kappa shape index (κ1) is 20.3. The Kier molecular flexibility index (Phi) is 5.97. The smallest absolute Gasteiger partial charge is 0.262 e. The number of aromatic nitrogens is 1. The molecule has 0 spiro atoms. The third-order valence-corrected chi connectivity index (χ3v) is 5.57. The Morgan fingerprint density at radius 3 is 2.67 bits per heavy atom. The Hall–Kier alpha value is -2.96. The minimum atomic E-state index is -0.726. The minimum Gasteiger partial charge on any atom is -0.479 e. The molecule has 2 heterocycles. The molecule has 4 rings (SSSR count). The quantitative estimate of drug-likeness (QED) is 0.660. The van der Waals surface area contributed by atoms with E-state index in [4.69, 9.17) is 4.74 Å². The maximum atomic E-state index is 12.9. The molecule has 2 aromatic carbocycles. The average molecular weight is 405 g/mol. The molecule has 1 aromatic heterocycles. The topological polar surface area (TPSA) is 74.7 Å². The van der Waals surface area contributed by atoms with Crippen molar-refractivity contribution >= 4 is 16.8 Å². The third-order valence-electron chi connectivity index (χ3n) is 5.57. The summed E-state index contributed by atoms with van der Waals surface area (Å²) >= 11 is 0. The normalized spacial score (nSPS) is 17.0. The van der Waals surface area contributed by atoms with E-state index < -0.39 is 18.4 Å². The van der Waals surface area contributed by atoms with Crippen LogP contribution in [0.3, 0.4) is 0 Å². The molecule has 2 N–H and O–H groups in total. The number of hydrogen-bond donors (Lipinski definition) is 2. The highest BCUT2D eigenvalue weighted by Crippen LogP contribution is 2.24. The van der Waals surface area contributed by atoms with Crippen LogP contribution in [-0.4, -0.2) is 45.8 Å². The zero-order valence-electron chi connectivity index (χ0n) is 17.3. The molecule has 0 fully saturated rings. The van der Waals surface area contributed by atoms with Gasteiger partial charge in [-0.25, -0.2) is 0 Å². The van der Waals surface area contributed by atoms with Crippen molar-refractivity contribution in [3.8, 4) is 5.75 Å². The number of pyridine rings is 1. The van der Waals surface area contributed by atoms with Gasteiger partial charge in [-0.3, -0.25) is 14.7 Å². The average Bonchev–Trinajstić information content (AvgIpc) is 2.77. The van der Waals surface area contributed by atoms with Crippen LogP contribution in [-0.2, 0) is 17.8 Å². The van der Waals surface area contributed by atoms with Crippen LogP contribution in [0.25, 0.3) is 10.9 Å². The van der Waals surface area contributed by atoms with Gasteiger partial charge in [-0.2, -0.15) is 0 Å². The van der Waals surface area contributed by atoms with Crippen molar-refractivity contribution in [1.82, 2.24) is 15.2 Å². The van der Waals surface area contributed by atoms with Gasteiger partial charge in [-0.05, 0) is 43.5 Å². The molecule has 0 saturated heterocycles. The predicted octanol–water partition coefficient (Wildman–Crippen LogP) is 2.88. The highest BCUT2D eigenvalue weighted by Gasteiger charge is 2.30. The lowest BCUT2D eigenvalue weighted by molar-refractivity contribution is -0.131. The molecule has 1 amide bonds.